The average molecular weight is 567 g/mol. The number of nitrogens with zero attached hydrogens (tertiary/aromatic N) is 4. The highest BCUT2D eigenvalue weighted by Gasteiger charge is 2.20. The van der Waals surface area contributed by atoms with Gasteiger partial charge in [-0.15, -0.1) is 35.3 Å². The summed E-state index contributed by atoms with van der Waals surface area (Å²) >= 11 is 1.38. The van der Waals surface area contributed by atoms with Crippen molar-refractivity contribution in [2.24, 2.45) is 4.99 Å². The molecule has 0 radical (unpaired) electrons. The number of carbonyl (C=O) groups is 1. The number of piperazine rings is 1. The largest absolute Gasteiger partial charge is 0.462 e. The Kier molecular flexibility index (Phi) is 13.5. The van der Waals surface area contributed by atoms with E-state index in [4.69, 9.17) is 4.74 Å². The van der Waals surface area contributed by atoms with Gasteiger partial charge >= 0.3 is 5.97 Å². The molecular weight excluding hydrogens is 527 g/mol. The lowest BCUT2D eigenvalue weighted by Crippen LogP contribution is -2.46. The lowest BCUT2D eigenvalue weighted by atomic mass is 10.2. The standard InChI is InChI=1S/C21H38N6O2S.HI/c1-6-26-12-14-27(15-13-26)11-9-8-10-23-21(22-5)25-17(4)19-24-16(3)18(30-19)20(28)29-7-2;/h17H,6-15H2,1-5H3,(H2,22,23,25);1H. The predicted octanol–water partition coefficient (Wildman–Crippen LogP) is 2.89. The number of likely N-dealkylation sites (N-methyl/N-ethyl adjacent to an activating group) is 1. The molecule has 2 rings (SSSR count). The molecule has 178 valence electrons. The van der Waals surface area contributed by atoms with E-state index in [1.54, 1.807) is 14.0 Å². The highest BCUT2D eigenvalue weighted by Crippen LogP contribution is 2.24. The van der Waals surface area contributed by atoms with E-state index in [1.807, 2.05) is 13.8 Å². The lowest BCUT2D eigenvalue weighted by Gasteiger charge is -2.34. The fraction of sp³-hybridized carbons (Fsp3) is 0.762. The Hall–Kier alpha value is -0.980. The molecule has 0 aromatic carbocycles. The van der Waals surface area contributed by atoms with Crippen LogP contribution in [0.2, 0.25) is 0 Å². The topological polar surface area (TPSA) is 82.1 Å². The van der Waals surface area contributed by atoms with Crippen LogP contribution in [0.15, 0.2) is 4.99 Å². The highest BCUT2D eigenvalue weighted by molar-refractivity contribution is 14.0. The predicted molar refractivity (Wildman–Crippen MR) is 139 cm³/mol. The van der Waals surface area contributed by atoms with Crippen molar-refractivity contribution in [1.82, 2.24) is 25.4 Å². The van der Waals surface area contributed by atoms with Gasteiger partial charge in [-0.05, 0) is 46.7 Å². The van der Waals surface area contributed by atoms with Crippen molar-refractivity contribution in [2.75, 3.05) is 59.5 Å². The van der Waals surface area contributed by atoms with Gasteiger partial charge in [0.05, 0.1) is 18.3 Å². The maximum Gasteiger partial charge on any atom is 0.350 e. The van der Waals surface area contributed by atoms with E-state index in [0.717, 1.165) is 37.0 Å². The second kappa shape index (κ2) is 15.0. The Morgan fingerprint density at radius 2 is 1.90 bits per heavy atom. The molecule has 1 saturated heterocycles. The summed E-state index contributed by atoms with van der Waals surface area (Å²) in [6, 6.07) is -0.0436. The van der Waals surface area contributed by atoms with Gasteiger partial charge in [0.15, 0.2) is 5.96 Å². The third-order valence-corrected chi connectivity index (χ3v) is 6.65. The van der Waals surface area contributed by atoms with Crippen molar-refractivity contribution in [2.45, 2.75) is 46.6 Å². The number of carbonyl (C=O) groups excluding carboxylic acids is 1. The molecule has 1 fully saturated rings. The molecule has 0 bridgehead atoms. The molecule has 31 heavy (non-hydrogen) atoms. The van der Waals surface area contributed by atoms with Gasteiger partial charge in [0.2, 0.25) is 0 Å². The van der Waals surface area contributed by atoms with Crippen molar-refractivity contribution in [3.05, 3.63) is 15.6 Å². The highest BCUT2D eigenvalue weighted by atomic mass is 127. The summed E-state index contributed by atoms with van der Waals surface area (Å²) in [5.74, 6) is 0.453. The maximum atomic E-state index is 12.0. The molecule has 0 amide bonds. The van der Waals surface area contributed by atoms with Gasteiger partial charge in [-0.2, -0.15) is 0 Å². The zero-order valence-electron chi connectivity index (χ0n) is 19.6. The fourth-order valence-corrected chi connectivity index (χ4v) is 4.41. The van der Waals surface area contributed by atoms with Crippen molar-refractivity contribution in [3.8, 4) is 0 Å². The number of esters is 1. The van der Waals surface area contributed by atoms with E-state index < -0.39 is 0 Å². The van der Waals surface area contributed by atoms with Crippen LogP contribution in [0.1, 0.15) is 60.0 Å². The number of aryl methyl sites for hydroxylation is 1. The summed E-state index contributed by atoms with van der Waals surface area (Å²) in [6.45, 7) is 16.2. The summed E-state index contributed by atoms with van der Waals surface area (Å²) in [4.78, 5) is 26.5. The van der Waals surface area contributed by atoms with E-state index in [1.165, 1.54) is 43.9 Å². The summed E-state index contributed by atoms with van der Waals surface area (Å²) in [6.07, 6.45) is 2.28. The maximum absolute atomic E-state index is 12.0. The first-order chi connectivity index (χ1) is 14.5. The number of nitrogens with one attached hydrogen (secondary N) is 2. The fourth-order valence-electron chi connectivity index (χ4n) is 3.45. The van der Waals surface area contributed by atoms with E-state index in [-0.39, 0.29) is 36.0 Å². The van der Waals surface area contributed by atoms with Crippen LogP contribution in [0.5, 0.6) is 0 Å². The monoisotopic (exact) mass is 566 g/mol. The van der Waals surface area contributed by atoms with Crippen LogP contribution in [0.4, 0.5) is 0 Å². The molecule has 0 aliphatic carbocycles. The number of rotatable bonds is 10. The summed E-state index contributed by atoms with van der Waals surface area (Å²) in [7, 11) is 1.77. The number of halogens is 1. The number of hydrogen-bond acceptors (Lipinski definition) is 7. The first-order valence-corrected chi connectivity index (χ1v) is 11.9. The minimum absolute atomic E-state index is 0. The Labute approximate surface area is 208 Å². The zero-order chi connectivity index (χ0) is 21.9. The van der Waals surface area contributed by atoms with Crippen LogP contribution >= 0.6 is 35.3 Å². The molecule has 2 N–H and O–H groups in total. The van der Waals surface area contributed by atoms with Gasteiger partial charge in [0.25, 0.3) is 0 Å². The summed E-state index contributed by atoms with van der Waals surface area (Å²) in [5.41, 5.74) is 0.713. The number of thiazole rings is 1. The second-order valence-electron chi connectivity index (χ2n) is 7.54. The number of guanidine groups is 1. The van der Waals surface area contributed by atoms with Crippen molar-refractivity contribution < 1.29 is 9.53 Å². The minimum Gasteiger partial charge on any atom is -0.462 e. The molecule has 1 aromatic rings. The molecule has 1 aromatic heterocycles. The number of aliphatic imine (C=N–C) groups is 1. The third kappa shape index (κ3) is 9.19. The van der Waals surface area contributed by atoms with E-state index in [0.29, 0.717) is 17.2 Å². The Morgan fingerprint density at radius 3 is 2.52 bits per heavy atom. The van der Waals surface area contributed by atoms with Gasteiger partial charge in [0.1, 0.15) is 9.88 Å². The van der Waals surface area contributed by atoms with Gasteiger partial charge < -0.3 is 25.2 Å². The van der Waals surface area contributed by atoms with Crippen molar-refractivity contribution in [3.63, 3.8) is 0 Å². The molecule has 2 heterocycles. The molecule has 0 spiro atoms. The van der Waals surface area contributed by atoms with Gasteiger partial charge in [-0.3, -0.25) is 4.99 Å². The molecule has 10 heteroatoms. The summed E-state index contributed by atoms with van der Waals surface area (Å²) in [5, 5.41) is 7.60. The normalized spacial score (nSPS) is 16.5. The molecule has 0 saturated carbocycles. The molecule has 1 atom stereocenters. The van der Waals surface area contributed by atoms with Gasteiger partial charge in [-0.1, -0.05) is 6.92 Å². The zero-order valence-corrected chi connectivity index (χ0v) is 22.7. The lowest BCUT2D eigenvalue weighted by molar-refractivity contribution is 0.0531. The van der Waals surface area contributed by atoms with Crippen LogP contribution in [0, 0.1) is 6.92 Å². The van der Waals surface area contributed by atoms with Crippen LogP contribution in [-0.4, -0.2) is 86.2 Å². The number of aromatic nitrogens is 1. The van der Waals surface area contributed by atoms with Crippen molar-refractivity contribution >= 4 is 47.2 Å². The van der Waals surface area contributed by atoms with Crippen LogP contribution in [0.3, 0.4) is 0 Å². The van der Waals surface area contributed by atoms with Crippen LogP contribution in [-0.2, 0) is 4.74 Å². The molecule has 1 unspecified atom stereocenters. The Balaban J connectivity index is 0.00000480. The van der Waals surface area contributed by atoms with E-state index >= 15 is 0 Å². The molecular formula is C21H39IN6O2S. The Morgan fingerprint density at radius 1 is 1.23 bits per heavy atom. The van der Waals surface area contributed by atoms with Gasteiger partial charge in [0, 0.05) is 39.8 Å². The van der Waals surface area contributed by atoms with Gasteiger partial charge in [-0.25, -0.2) is 9.78 Å². The Bertz CT molecular complexity index is 691. The van der Waals surface area contributed by atoms with Crippen molar-refractivity contribution in [1.29, 1.82) is 0 Å². The number of unbranched alkanes of at least 4 members (excludes halogenated alkanes) is 1. The molecule has 1 aliphatic heterocycles. The quantitative estimate of drug-likeness (QED) is 0.148. The first kappa shape index (κ1) is 28.1. The van der Waals surface area contributed by atoms with E-state index in [9.17, 15) is 4.79 Å². The minimum atomic E-state index is -0.301. The summed E-state index contributed by atoms with van der Waals surface area (Å²) < 4.78 is 5.10. The first-order valence-electron chi connectivity index (χ1n) is 11.0. The van der Waals surface area contributed by atoms with Crippen LogP contribution < -0.4 is 10.6 Å². The van der Waals surface area contributed by atoms with Crippen LogP contribution in [0.25, 0.3) is 0 Å². The molecule has 8 nitrogen and oxygen atoms in total. The number of ether oxygens (including phenoxy) is 1. The SMILES string of the molecule is CCOC(=O)c1sc(C(C)NC(=NC)NCCCCN2CCN(CC)CC2)nc1C.I. The van der Waals surface area contributed by atoms with E-state index in [2.05, 4.69) is 37.3 Å². The smallest absolute Gasteiger partial charge is 0.350 e. The molecule has 1 aliphatic rings. The average Bonchev–Trinajstić information content (AvgIpc) is 3.15. The second-order valence-corrected chi connectivity index (χ2v) is 8.57. The third-order valence-electron chi connectivity index (χ3n) is 5.33. The number of hydrogen-bond donors (Lipinski definition) is 2.